The maximum atomic E-state index is 11.9. The summed E-state index contributed by atoms with van der Waals surface area (Å²) in [5, 5.41) is 11.3. The molecule has 1 amide bonds. The second-order valence-electron chi connectivity index (χ2n) is 5.24. The van der Waals surface area contributed by atoms with Crippen molar-refractivity contribution in [1.29, 1.82) is 0 Å². The van der Waals surface area contributed by atoms with Crippen molar-refractivity contribution in [3.05, 3.63) is 35.4 Å². The predicted molar refractivity (Wildman–Crippen MR) is 79.0 cm³/mol. The highest BCUT2D eigenvalue weighted by Gasteiger charge is 2.05. The lowest BCUT2D eigenvalue weighted by molar-refractivity contribution is -0.137. The molecule has 0 aliphatic carbocycles. The van der Waals surface area contributed by atoms with Gasteiger partial charge < -0.3 is 10.4 Å². The van der Waals surface area contributed by atoms with Crippen LogP contribution >= 0.6 is 0 Å². The molecule has 1 aromatic carbocycles. The van der Waals surface area contributed by atoms with E-state index in [0.717, 1.165) is 12.8 Å². The maximum Gasteiger partial charge on any atom is 0.303 e. The van der Waals surface area contributed by atoms with Crippen LogP contribution in [0.2, 0.25) is 0 Å². The molecule has 0 heterocycles. The summed E-state index contributed by atoms with van der Waals surface area (Å²) >= 11 is 0. The number of hydrogen-bond donors (Lipinski definition) is 2. The van der Waals surface area contributed by atoms with Gasteiger partial charge >= 0.3 is 5.97 Å². The third kappa shape index (κ3) is 5.87. The van der Waals surface area contributed by atoms with Crippen molar-refractivity contribution < 1.29 is 14.7 Å². The Balaban J connectivity index is 2.27. The van der Waals surface area contributed by atoms with Gasteiger partial charge in [0.15, 0.2) is 0 Å². The zero-order chi connectivity index (χ0) is 15.0. The number of unbranched alkanes of at least 4 members (excludes halogenated alkanes) is 2. The number of aliphatic carboxylic acids is 1. The highest BCUT2D eigenvalue weighted by atomic mass is 16.4. The van der Waals surface area contributed by atoms with Crippen molar-refractivity contribution >= 4 is 11.9 Å². The highest BCUT2D eigenvalue weighted by Crippen LogP contribution is 2.14. The Morgan fingerprint density at radius 1 is 1.10 bits per heavy atom. The smallest absolute Gasteiger partial charge is 0.303 e. The largest absolute Gasteiger partial charge is 0.481 e. The molecule has 110 valence electrons. The van der Waals surface area contributed by atoms with Gasteiger partial charge in [0.1, 0.15) is 0 Å². The van der Waals surface area contributed by atoms with E-state index >= 15 is 0 Å². The molecule has 0 aliphatic heterocycles. The molecule has 20 heavy (non-hydrogen) atoms. The Bertz CT molecular complexity index is 438. The summed E-state index contributed by atoms with van der Waals surface area (Å²) in [4.78, 5) is 22.2. The molecule has 0 radical (unpaired) electrons. The average Bonchev–Trinajstić information content (AvgIpc) is 2.42. The molecule has 0 unspecified atom stereocenters. The molecule has 0 fully saturated rings. The molecule has 4 heteroatoms. The van der Waals surface area contributed by atoms with Crippen LogP contribution in [0.1, 0.15) is 61.4 Å². The summed E-state index contributed by atoms with van der Waals surface area (Å²) in [6.07, 6.45) is 2.49. The Morgan fingerprint density at radius 3 is 2.30 bits per heavy atom. The molecular formula is C16H23NO3. The minimum atomic E-state index is -0.765. The zero-order valence-electron chi connectivity index (χ0n) is 12.2. The van der Waals surface area contributed by atoms with Gasteiger partial charge in [0.05, 0.1) is 0 Å². The van der Waals surface area contributed by atoms with Crippen LogP contribution in [0.25, 0.3) is 0 Å². The number of nitrogens with one attached hydrogen (secondary N) is 1. The number of carbonyl (C=O) groups is 2. The monoisotopic (exact) mass is 277 g/mol. The molecule has 2 N–H and O–H groups in total. The quantitative estimate of drug-likeness (QED) is 0.717. The molecular weight excluding hydrogens is 254 g/mol. The topological polar surface area (TPSA) is 66.4 Å². The van der Waals surface area contributed by atoms with Crippen molar-refractivity contribution in [2.24, 2.45) is 0 Å². The van der Waals surface area contributed by atoms with Gasteiger partial charge in [-0.2, -0.15) is 0 Å². The number of rotatable bonds is 8. The van der Waals surface area contributed by atoms with Crippen molar-refractivity contribution in [3.8, 4) is 0 Å². The van der Waals surface area contributed by atoms with Crippen LogP contribution in [0.5, 0.6) is 0 Å². The van der Waals surface area contributed by atoms with Gasteiger partial charge in [-0.15, -0.1) is 0 Å². The van der Waals surface area contributed by atoms with Gasteiger partial charge in [0, 0.05) is 18.5 Å². The summed E-state index contributed by atoms with van der Waals surface area (Å²) in [6.45, 7) is 4.82. The Morgan fingerprint density at radius 2 is 1.75 bits per heavy atom. The first-order chi connectivity index (χ1) is 9.50. The number of hydrogen-bond acceptors (Lipinski definition) is 2. The van der Waals surface area contributed by atoms with Crippen molar-refractivity contribution in [3.63, 3.8) is 0 Å². The predicted octanol–water partition coefficient (Wildman–Crippen LogP) is 3.18. The summed E-state index contributed by atoms with van der Waals surface area (Å²) < 4.78 is 0. The molecule has 1 rings (SSSR count). The van der Waals surface area contributed by atoms with Crippen molar-refractivity contribution in [1.82, 2.24) is 5.32 Å². The van der Waals surface area contributed by atoms with Crippen LogP contribution in [0.15, 0.2) is 24.3 Å². The highest BCUT2D eigenvalue weighted by molar-refractivity contribution is 5.94. The Labute approximate surface area is 120 Å². The summed E-state index contributed by atoms with van der Waals surface area (Å²) in [6, 6.07) is 7.64. The first-order valence-corrected chi connectivity index (χ1v) is 7.10. The van der Waals surface area contributed by atoms with Crippen LogP contribution in [0.4, 0.5) is 0 Å². The normalized spacial score (nSPS) is 10.6. The molecule has 0 spiro atoms. The van der Waals surface area contributed by atoms with E-state index in [1.54, 1.807) is 0 Å². The van der Waals surface area contributed by atoms with E-state index in [2.05, 4.69) is 19.2 Å². The Kier molecular flexibility index (Phi) is 6.77. The minimum Gasteiger partial charge on any atom is -0.481 e. The van der Waals surface area contributed by atoms with Crippen LogP contribution in [0, 0.1) is 0 Å². The fourth-order valence-corrected chi connectivity index (χ4v) is 1.90. The van der Waals surface area contributed by atoms with Gasteiger partial charge in [-0.1, -0.05) is 32.4 Å². The molecule has 4 nitrogen and oxygen atoms in total. The number of amides is 1. The second-order valence-corrected chi connectivity index (χ2v) is 5.24. The lowest BCUT2D eigenvalue weighted by atomic mass is 10.0. The summed E-state index contributed by atoms with van der Waals surface area (Å²) in [5.41, 5.74) is 1.88. The maximum absolute atomic E-state index is 11.9. The first kappa shape index (κ1) is 16.2. The summed E-state index contributed by atoms with van der Waals surface area (Å²) in [7, 11) is 0. The molecule has 0 aromatic heterocycles. The standard InChI is InChI=1S/C16H23NO3/c1-12(2)13-7-9-14(10-8-13)16(20)17-11-5-3-4-6-15(18)19/h7-10,12H,3-6,11H2,1-2H3,(H,17,20)(H,18,19). The van der Waals surface area contributed by atoms with E-state index in [-0.39, 0.29) is 12.3 Å². The minimum absolute atomic E-state index is 0.0708. The third-order valence-corrected chi connectivity index (χ3v) is 3.19. The number of carboxylic acid groups (broad SMARTS) is 1. The number of benzene rings is 1. The van der Waals surface area contributed by atoms with Crippen molar-refractivity contribution in [2.75, 3.05) is 6.54 Å². The molecule has 0 saturated carbocycles. The van der Waals surface area contributed by atoms with E-state index in [4.69, 9.17) is 5.11 Å². The van der Waals surface area contributed by atoms with Gasteiger partial charge in [0.25, 0.3) is 5.91 Å². The van der Waals surface area contributed by atoms with E-state index in [1.807, 2.05) is 24.3 Å². The number of carboxylic acids is 1. The van der Waals surface area contributed by atoms with Crippen LogP contribution in [-0.2, 0) is 4.79 Å². The lowest BCUT2D eigenvalue weighted by Crippen LogP contribution is -2.24. The number of carbonyl (C=O) groups excluding carboxylic acids is 1. The molecule has 0 bridgehead atoms. The van der Waals surface area contributed by atoms with Crippen LogP contribution < -0.4 is 5.32 Å². The van der Waals surface area contributed by atoms with Crippen molar-refractivity contribution in [2.45, 2.75) is 45.4 Å². The molecule has 0 saturated heterocycles. The fourth-order valence-electron chi connectivity index (χ4n) is 1.90. The van der Waals surface area contributed by atoms with E-state index < -0.39 is 5.97 Å². The van der Waals surface area contributed by atoms with Crippen LogP contribution in [0.3, 0.4) is 0 Å². The molecule has 0 atom stereocenters. The lowest BCUT2D eigenvalue weighted by Gasteiger charge is -2.08. The van der Waals surface area contributed by atoms with Gasteiger partial charge in [-0.05, 0) is 36.5 Å². The first-order valence-electron chi connectivity index (χ1n) is 7.10. The average molecular weight is 277 g/mol. The SMILES string of the molecule is CC(C)c1ccc(C(=O)NCCCCCC(=O)O)cc1. The second kappa shape index (κ2) is 8.35. The third-order valence-electron chi connectivity index (χ3n) is 3.19. The van der Waals surface area contributed by atoms with Gasteiger partial charge in [-0.25, -0.2) is 0 Å². The van der Waals surface area contributed by atoms with E-state index in [1.165, 1.54) is 5.56 Å². The summed E-state index contributed by atoms with van der Waals surface area (Å²) in [5.74, 6) is -0.376. The molecule has 0 aliphatic rings. The van der Waals surface area contributed by atoms with E-state index in [0.29, 0.717) is 24.4 Å². The van der Waals surface area contributed by atoms with E-state index in [9.17, 15) is 9.59 Å². The molecule has 1 aromatic rings. The van der Waals surface area contributed by atoms with Crippen LogP contribution in [-0.4, -0.2) is 23.5 Å². The Hall–Kier alpha value is -1.84. The van der Waals surface area contributed by atoms with Gasteiger partial charge in [-0.3, -0.25) is 9.59 Å². The fraction of sp³-hybridized carbons (Fsp3) is 0.500. The zero-order valence-corrected chi connectivity index (χ0v) is 12.2. The van der Waals surface area contributed by atoms with Gasteiger partial charge in [0.2, 0.25) is 0 Å².